The summed E-state index contributed by atoms with van der Waals surface area (Å²) in [5, 5.41) is 12.5. The number of amides is 1. The molecule has 0 saturated heterocycles. The molecule has 4 aromatic rings. The number of rotatable bonds is 7. The lowest BCUT2D eigenvalue weighted by Gasteiger charge is -2.35. The van der Waals surface area contributed by atoms with Crippen LogP contribution in [0.4, 0.5) is 28.9 Å². The molecule has 1 saturated carbocycles. The van der Waals surface area contributed by atoms with Gasteiger partial charge in [0, 0.05) is 18.6 Å². The lowest BCUT2D eigenvalue weighted by atomic mass is 9.69. The minimum absolute atomic E-state index is 0.0353. The molecular weight excluding hydrogens is 696 g/mol. The van der Waals surface area contributed by atoms with Gasteiger partial charge in [-0.2, -0.15) is 13.2 Å². The first-order valence-corrected chi connectivity index (χ1v) is 16.4. The van der Waals surface area contributed by atoms with Crippen LogP contribution in [0, 0.1) is 24.6 Å². The first-order valence-electron chi connectivity index (χ1n) is 14.1. The summed E-state index contributed by atoms with van der Waals surface area (Å²) in [6.07, 6.45) is -3.75. The van der Waals surface area contributed by atoms with Crippen LogP contribution >= 0.6 is 15.9 Å². The van der Waals surface area contributed by atoms with Crippen LogP contribution in [-0.2, 0) is 32.8 Å². The van der Waals surface area contributed by atoms with Gasteiger partial charge in [-0.05, 0) is 95.7 Å². The molecule has 9 nitrogen and oxygen atoms in total. The number of carbonyl (C=O) groups is 2. The van der Waals surface area contributed by atoms with Crippen LogP contribution in [-0.4, -0.2) is 42.0 Å². The van der Waals surface area contributed by atoms with Crippen LogP contribution in [0.25, 0.3) is 11.0 Å². The maximum absolute atomic E-state index is 14.4. The lowest BCUT2D eigenvalue weighted by molar-refractivity contribution is -0.148. The summed E-state index contributed by atoms with van der Waals surface area (Å²) in [5.74, 6) is -5.67. The molecule has 0 radical (unpaired) electrons. The van der Waals surface area contributed by atoms with Crippen molar-refractivity contribution in [3.63, 3.8) is 0 Å². The third-order valence-corrected chi connectivity index (χ3v) is 10.9. The van der Waals surface area contributed by atoms with E-state index in [0.29, 0.717) is 34.5 Å². The molecule has 2 N–H and O–H groups in total. The van der Waals surface area contributed by atoms with E-state index in [1.807, 2.05) is 18.5 Å². The van der Waals surface area contributed by atoms with Gasteiger partial charge in [0.05, 0.1) is 44.7 Å². The van der Waals surface area contributed by atoms with Crippen LogP contribution in [0.2, 0.25) is 0 Å². The van der Waals surface area contributed by atoms with Crippen molar-refractivity contribution in [3.8, 4) is 0 Å². The third kappa shape index (κ3) is 6.21. The van der Waals surface area contributed by atoms with Crippen molar-refractivity contribution in [2.24, 2.45) is 18.9 Å². The molecule has 1 aliphatic rings. The second-order valence-electron chi connectivity index (χ2n) is 11.2. The minimum Gasteiger partial charge on any atom is -0.481 e. The molecule has 244 valence electrons. The number of aryl methyl sites for hydroxylation is 2. The molecule has 1 amide bonds. The monoisotopic (exact) mass is 724 g/mol. The number of halogens is 5. The molecule has 1 heterocycles. The zero-order chi connectivity index (χ0) is 33.7. The molecule has 0 unspecified atom stereocenters. The Bertz CT molecular complexity index is 1960. The van der Waals surface area contributed by atoms with Crippen molar-refractivity contribution in [3.05, 3.63) is 81.8 Å². The molecule has 1 aromatic heterocycles. The summed E-state index contributed by atoms with van der Waals surface area (Å²) in [6.45, 7) is 1.81. The molecule has 15 heteroatoms. The lowest BCUT2D eigenvalue weighted by Crippen LogP contribution is -2.40. The quantitative estimate of drug-likeness (QED) is 0.201. The number of anilines is 2. The summed E-state index contributed by atoms with van der Waals surface area (Å²) >= 11 is 3.43. The second kappa shape index (κ2) is 12.3. The van der Waals surface area contributed by atoms with Gasteiger partial charge in [-0.1, -0.05) is 12.5 Å². The van der Waals surface area contributed by atoms with Crippen LogP contribution < -0.4 is 9.62 Å². The van der Waals surface area contributed by atoms with Gasteiger partial charge >= 0.3 is 12.1 Å². The number of alkyl halides is 3. The fourth-order valence-corrected chi connectivity index (χ4v) is 8.00. The molecule has 1 fully saturated rings. The Morgan fingerprint density at radius 2 is 1.80 bits per heavy atom. The third-order valence-electron chi connectivity index (χ3n) is 8.55. The van der Waals surface area contributed by atoms with E-state index in [-0.39, 0.29) is 23.1 Å². The fourth-order valence-electron chi connectivity index (χ4n) is 5.99. The van der Waals surface area contributed by atoms with Crippen LogP contribution in [0.5, 0.6) is 0 Å². The number of hydrogen-bond donors (Lipinski definition) is 2. The summed E-state index contributed by atoms with van der Waals surface area (Å²) in [6, 6.07) is 11.1. The zero-order valence-electron chi connectivity index (χ0n) is 24.8. The number of hydrogen-bond acceptors (Lipinski definition) is 5. The van der Waals surface area contributed by atoms with Crippen molar-refractivity contribution in [1.82, 2.24) is 9.55 Å². The number of benzene rings is 3. The molecule has 3 aromatic carbocycles. The number of nitrogens with one attached hydrogen (secondary N) is 1. The first kappa shape index (κ1) is 33.4. The number of nitrogens with zero attached hydrogens (tertiary/aromatic N) is 3. The Morgan fingerprint density at radius 1 is 1.09 bits per heavy atom. The van der Waals surface area contributed by atoms with Crippen molar-refractivity contribution in [2.75, 3.05) is 16.7 Å². The molecule has 46 heavy (non-hydrogen) atoms. The van der Waals surface area contributed by atoms with Gasteiger partial charge < -0.3 is 15.0 Å². The van der Waals surface area contributed by atoms with Crippen LogP contribution in [0.3, 0.4) is 0 Å². The van der Waals surface area contributed by atoms with Gasteiger partial charge in [0.1, 0.15) is 11.6 Å². The standard InChI is InChI=1S/C31H29BrF4N4O5S/c1-16-37-25-15-19(9-12-27(25)39(16)2)46(44,45)40(3)26-11-7-17(13-22(26)32)20-5-4-6-21(28(20)30(42)43)29(41)38-24-10-8-18(14-23(24)33)31(34,35)36/h7-15,20-21,28H,4-6H2,1-3H3,(H,38,41)(H,42,43)/t20-,21-,28-/m1/s1. The van der Waals surface area contributed by atoms with Gasteiger partial charge in [-0.3, -0.25) is 13.9 Å². The first-order chi connectivity index (χ1) is 21.5. The Morgan fingerprint density at radius 3 is 2.43 bits per heavy atom. The van der Waals surface area contributed by atoms with Gasteiger partial charge in [-0.15, -0.1) is 0 Å². The van der Waals surface area contributed by atoms with Gasteiger partial charge in [-0.25, -0.2) is 17.8 Å². The average Bonchev–Trinajstić information content (AvgIpc) is 3.28. The maximum Gasteiger partial charge on any atom is 0.416 e. The number of aromatic nitrogens is 2. The molecular formula is C31H29BrF4N4O5S. The predicted octanol–water partition coefficient (Wildman–Crippen LogP) is 6.85. The number of fused-ring (bicyclic) bond motifs is 1. The van der Waals surface area contributed by atoms with Gasteiger partial charge in [0.2, 0.25) is 5.91 Å². The summed E-state index contributed by atoms with van der Waals surface area (Å²) in [5.41, 5.74) is 0.425. The molecule has 5 rings (SSSR count). The molecule has 1 aliphatic carbocycles. The molecule has 0 aliphatic heterocycles. The van der Waals surface area contributed by atoms with Crippen molar-refractivity contribution in [1.29, 1.82) is 0 Å². The SMILES string of the molecule is Cc1nc2cc(S(=O)(=O)N(C)c3ccc([C@H]4CCC[C@@H](C(=O)Nc5ccc(C(F)(F)F)cc5F)[C@@H]4C(=O)O)cc3Br)ccc2n1C. The average molecular weight is 726 g/mol. The molecule has 3 atom stereocenters. The Labute approximate surface area is 270 Å². The highest BCUT2D eigenvalue weighted by Gasteiger charge is 2.43. The Balaban J connectivity index is 1.39. The highest BCUT2D eigenvalue weighted by atomic mass is 79.9. The fraction of sp³-hybridized carbons (Fsp3) is 0.323. The largest absolute Gasteiger partial charge is 0.481 e. The van der Waals surface area contributed by atoms with Crippen molar-refractivity contribution < 1.29 is 40.7 Å². The normalized spacial score (nSPS) is 18.8. The number of carboxylic acids is 1. The van der Waals surface area contributed by atoms with E-state index in [9.17, 15) is 40.7 Å². The number of imidazole rings is 1. The second-order valence-corrected chi connectivity index (χ2v) is 14.1. The predicted molar refractivity (Wildman–Crippen MR) is 166 cm³/mol. The van der Waals surface area contributed by atoms with E-state index in [1.54, 1.807) is 24.3 Å². The summed E-state index contributed by atoms with van der Waals surface area (Å²) in [7, 11) is -0.797. The van der Waals surface area contributed by atoms with Crippen molar-refractivity contribution >= 4 is 60.2 Å². The van der Waals surface area contributed by atoms with E-state index in [1.165, 1.54) is 19.2 Å². The van der Waals surface area contributed by atoms with Crippen LogP contribution in [0.15, 0.2) is 64.0 Å². The highest BCUT2D eigenvalue weighted by Crippen LogP contribution is 2.44. The summed E-state index contributed by atoms with van der Waals surface area (Å²) in [4.78, 5) is 30.2. The topological polar surface area (TPSA) is 122 Å². The van der Waals surface area contributed by atoms with E-state index in [4.69, 9.17) is 0 Å². The Kier molecular flexibility index (Phi) is 8.94. The van der Waals surface area contributed by atoms with Crippen molar-refractivity contribution in [2.45, 2.75) is 43.2 Å². The number of aliphatic carboxylic acids is 1. The van der Waals surface area contributed by atoms with E-state index in [2.05, 4.69) is 26.2 Å². The van der Waals surface area contributed by atoms with Gasteiger partial charge in [0.15, 0.2) is 0 Å². The van der Waals surface area contributed by atoms with Gasteiger partial charge in [0.25, 0.3) is 10.0 Å². The molecule has 0 spiro atoms. The van der Waals surface area contributed by atoms with E-state index in [0.717, 1.165) is 21.7 Å². The summed E-state index contributed by atoms with van der Waals surface area (Å²) < 4.78 is 83.7. The Hall–Kier alpha value is -3.98. The molecule has 0 bridgehead atoms. The number of carbonyl (C=O) groups excluding carboxylic acids is 1. The number of sulfonamides is 1. The van der Waals surface area contributed by atoms with E-state index < -0.39 is 62.9 Å². The minimum atomic E-state index is -4.77. The smallest absolute Gasteiger partial charge is 0.416 e. The van der Waals surface area contributed by atoms with E-state index >= 15 is 0 Å². The van der Waals surface area contributed by atoms with Crippen LogP contribution in [0.1, 0.15) is 42.1 Å². The maximum atomic E-state index is 14.4. The zero-order valence-corrected chi connectivity index (χ0v) is 27.2. The highest BCUT2D eigenvalue weighted by molar-refractivity contribution is 9.10. The number of carboxylic acid groups (broad SMARTS) is 1.